The first-order valence-corrected chi connectivity index (χ1v) is 7.87. The average Bonchev–Trinajstić information content (AvgIpc) is 2.92. The van der Waals surface area contributed by atoms with Gasteiger partial charge >= 0.3 is 0 Å². The van der Waals surface area contributed by atoms with Crippen molar-refractivity contribution in [1.29, 1.82) is 0 Å². The molecule has 2 rings (SSSR count). The summed E-state index contributed by atoms with van der Waals surface area (Å²) in [5.74, 6) is 5.23. The van der Waals surface area contributed by atoms with Crippen LogP contribution in [0.3, 0.4) is 0 Å². The van der Waals surface area contributed by atoms with Crippen LogP contribution in [-0.4, -0.2) is 13.4 Å². The number of anilines is 1. The molecule has 1 atom stereocenters. The number of hydrogen-bond acceptors (Lipinski definition) is 6. The van der Waals surface area contributed by atoms with Crippen LogP contribution in [0.4, 0.5) is 5.69 Å². The fourth-order valence-corrected chi connectivity index (χ4v) is 3.46. The number of thiazole rings is 1. The standard InChI is InChI=1S/C11H14N4O2S2/c1-8(11-13-6-7-18-11)15-19(16,17)10-4-2-9(14-12)3-5-10/h2-8,14-15H,12H2,1H3. The molecule has 1 aromatic heterocycles. The van der Waals surface area contributed by atoms with Crippen LogP contribution in [0.15, 0.2) is 40.7 Å². The first-order valence-electron chi connectivity index (χ1n) is 5.51. The molecular weight excluding hydrogens is 284 g/mol. The minimum absolute atomic E-state index is 0.190. The summed E-state index contributed by atoms with van der Waals surface area (Å²) in [7, 11) is -3.56. The van der Waals surface area contributed by atoms with Gasteiger partial charge in [-0.15, -0.1) is 11.3 Å². The predicted octanol–water partition coefficient (Wildman–Crippen LogP) is 1.47. The molecule has 6 nitrogen and oxygen atoms in total. The number of rotatable bonds is 5. The lowest BCUT2D eigenvalue weighted by Crippen LogP contribution is -2.26. The zero-order chi connectivity index (χ0) is 13.9. The maximum absolute atomic E-state index is 12.2. The largest absolute Gasteiger partial charge is 0.324 e. The third-order valence-corrected chi connectivity index (χ3v) is 5.00. The highest BCUT2D eigenvalue weighted by molar-refractivity contribution is 7.89. The van der Waals surface area contributed by atoms with Gasteiger partial charge in [-0.2, -0.15) is 0 Å². The Hall–Kier alpha value is -1.48. The van der Waals surface area contributed by atoms with E-state index in [-0.39, 0.29) is 10.9 Å². The molecule has 0 bridgehead atoms. The summed E-state index contributed by atoms with van der Waals surface area (Å²) in [6, 6.07) is 5.82. The molecule has 102 valence electrons. The van der Waals surface area contributed by atoms with E-state index < -0.39 is 10.0 Å². The van der Waals surface area contributed by atoms with E-state index in [2.05, 4.69) is 15.1 Å². The third-order valence-electron chi connectivity index (χ3n) is 2.49. The molecular formula is C11H14N4O2S2. The molecule has 0 radical (unpaired) electrons. The van der Waals surface area contributed by atoms with Gasteiger partial charge in [0.05, 0.1) is 10.9 Å². The molecule has 1 unspecified atom stereocenters. The number of benzene rings is 1. The Morgan fingerprint density at radius 2 is 2.00 bits per heavy atom. The van der Waals surface area contributed by atoms with Crippen molar-refractivity contribution in [3.05, 3.63) is 40.8 Å². The molecule has 0 spiro atoms. The van der Waals surface area contributed by atoms with E-state index in [1.165, 1.54) is 23.5 Å². The molecule has 0 aliphatic heterocycles. The van der Waals surface area contributed by atoms with E-state index in [1.807, 2.05) is 5.38 Å². The zero-order valence-corrected chi connectivity index (χ0v) is 11.8. The van der Waals surface area contributed by atoms with Gasteiger partial charge in [0.2, 0.25) is 10.0 Å². The SMILES string of the molecule is CC(NS(=O)(=O)c1ccc(NN)cc1)c1nccs1. The van der Waals surface area contributed by atoms with E-state index in [9.17, 15) is 8.42 Å². The molecule has 0 aliphatic rings. The van der Waals surface area contributed by atoms with Gasteiger partial charge < -0.3 is 5.43 Å². The number of nitrogens with two attached hydrogens (primary N) is 1. The van der Waals surface area contributed by atoms with Crippen molar-refractivity contribution in [2.45, 2.75) is 17.9 Å². The molecule has 1 heterocycles. The van der Waals surface area contributed by atoms with Gasteiger partial charge in [-0.1, -0.05) is 0 Å². The zero-order valence-electron chi connectivity index (χ0n) is 10.2. The fraction of sp³-hybridized carbons (Fsp3) is 0.182. The van der Waals surface area contributed by atoms with E-state index in [1.54, 1.807) is 25.3 Å². The molecule has 4 N–H and O–H groups in total. The second-order valence-electron chi connectivity index (χ2n) is 3.88. The molecule has 8 heteroatoms. The van der Waals surface area contributed by atoms with Gasteiger partial charge in [0.1, 0.15) is 5.01 Å². The molecule has 0 fully saturated rings. The fourth-order valence-electron chi connectivity index (χ4n) is 1.53. The minimum atomic E-state index is -3.56. The highest BCUT2D eigenvalue weighted by Crippen LogP contribution is 2.19. The van der Waals surface area contributed by atoms with Crippen LogP contribution >= 0.6 is 11.3 Å². The van der Waals surface area contributed by atoms with E-state index in [0.29, 0.717) is 5.69 Å². The third kappa shape index (κ3) is 3.29. The highest BCUT2D eigenvalue weighted by Gasteiger charge is 2.19. The summed E-state index contributed by atoms with van der Waals surface area (Å²) >= 11 is 1.41. The maximum Gasteiger partial charge on any atom is 0.241 e. The molecule has 0 amide bonds. The van der Waals surface area contributed by atoms with Crippen LogP contribution in [0.1, 0.15) is 18.0 Å². The number of hydrazine groups is 1. The second-order valence-corrected chi connectivity index (χ2v) is 6.52. The van der Waals surface area contributed by atoms with Crippen LogP contribution < -0.4 is 16.0 Å². The van der Waals surface area contributed by atoms with Crippen molar-refractivity contribution in [3.63, 3.8) is 0 Å². The lowest BCUT2D eigenvalue weighted by atomic mass is 10.3. The quantitative estimate of drug-likeness (QED) is 0.573. The summed E-state index contributed by atoms with van der Waals surface area (Å²) < 4.78 is 26.9. The summed E-state index contributed by atoms with van der Waals surface area (Å²) in [4.78, 5) is 4.28. The molecule has 19 heavy (non-hydrogen) atoms. The predicted molar refractivity (Wildman–Crippen MR) is 75.1 cm³/mol. The van der Waals surface area contributed by atoms with Gasteiger partial charge in [-0.3, -0.25) is 5.84 Å². The summed E-state index contributed by atoms with van der Waals surface area (Å²) in [6.07, 6.45) is 1.65. The minimum Gasteiger partial charge on any atom is -0.324 e. The molecule has 0 saturated heterocycles. The van der Waals surface area contributed by atoms with Crippen LogP contribution in [0.5, 0.6) is 0 Å². The Kier molecular flexibility index (Phi) is 4.15. The topological polar surface area (TPSA) is 97.1 Å². The van der Waals surface area contributed by atoms with Crippen molar-refractivity contribution in [3.8, 4) is 0 Å². The van der Waals surface area contributed by atoms with Gasteiger partial charge in [0, 0.05) is 17.3 Å². The lowest BCUT2D eigenvalue weighted by Gasteiger charge is -2.12. The number of nitrogens with one attached hydrogen (secondary N) is 2. The van der Waals surface area contributed by atoms with Gasteiger partial charge in [-0.05, 0) is 31.2 Å². The van der Waals surface area contributed by atoms with E-state index >= 15 is 0 Å². The van der Waals surface area contributed by atoms with E-state index in [4.69, 9.17) is 5.84 Å². The number of aromatic nitrogens is 1. The number of nitrogen functional groups attached to an aromatic ring is 1. The second kappa shape index (κ2) is 5.66. The Morgan fingerprint density at radius 3 is 2.53 bits per heavy atom. The summed E-state index contributed by atoms with van der Waals surface area (Å²) in [6.45, 7) is 1.76. The number of hydrogen-bond donors (Lipinski definition) is 3. The maximum atomic E-state index is 12.2. The van der Waals surface area contributed by atoms with Crippen LogP contribution in [-0.2, 0) is 10.0 Å². The smallest absolute Gasteiger partial charge is 0.241 e. The van der Waals surface area contributed by atoms with Gasteiger partial charge in [0.25, 0.3) is 0 Å². The van der Waals surface area contributed by atoms with Crippen LogP contribution in [0, 0.1) is 0 Å². The molecule has 2 aromatic rings. The Labute approximate surface area is 115 Å². The molecule has 0 aliphatic carbocycles. The molecule has 0 saturated carbocycles. The first kappa shape index (κ1) is 13.9. The monoisotopic (exact) mass is 298 g/mol. The lowest BCUT2D eigenvalue weighted by molar-refractivity contribution is 0.566. The van der Waals surface area contributed by atoms with Gasteiger partial charge in [0.15, 0.2) is 0 Å². The summed E-state index contributed by atoms with van der Waals surface area (Å²) in [5.41, 5.74) is 3.09. The van der Waals surface area contributed by atoms with Crippen molar-refractivity contribution < 1.29 is 8.42 Å². The average molecular weight is 298 g/mol. The number of sulfonamides is 1. The van der Waals surface area contributed by atoms with Crippen molar-refractivity contribution in [1.82, 2.24) is 9.71 Å². The van der Waals surface area contributed by atoms with Crippen molar-refractivity contribution in [2.75, 3.05) is 5.43 Å². The Morgan fingerprint density at radius 1 is 1.32 bits per heavy atom. The van der Waals surface area contributed by atoms with Crippen LogP contribution in [0.25, 0.3) is 0 Å². The Balaban J connectivity index is 2.17. The van der Waals surface area contributed by atoms with Crippen molar-refractivity contribution in [2.24, 2.45) is 5.84 Å². The van der Waals surface area contributed by atoms with Crippen molar-refractivity contribution >= 4 is 27.0 Å². The number of nitrogens with zero attached hydrogens (tertiary/aromatic N) is 1. The van der Waals surface area contributed by atoms with Gasteiger partial charge in [-0.25, -0.2) is 18.1 Å². The first-order chi connectivity index (χ1) is 9.03. The normalized spacial score (nSPS) is 13.2. The highest BCUT2D eigenvalue weighted by atomic mass is 32.2. The Bertz CT molecular complexity index is 623. The molecule has 1 aromatic carbocycles. The van der Waals surface area contributed by atoms with E-state index in [0.717, 1.165) is 5.01 Å². The summed E-state index contributed by atoms with van der Waals surface area (Å²) in [5, 5.41) is 2.53. The van der Waals surface area contributed by atoms with Crippen LogP contribution in [0.2, 0.25) is 0 Å².